The number of sulfonamides is 1. The van der Waals surface area contributed by atoms with E-state index in [1.54, 1.807) is 4.90 Å². The molecular weight excluding hydrogens is 392 g/mol. The fraction of sp³-hybridized carbons (Fsp3) is 0.667. The highest BCUT2D eigenvalue weighted by Crippen LogP contribution is 2.34. The second kappa shape index (κ2) is 10.0. The lowest BCUT2D eigenvalue weighted by Crippen LogP contribution is -2.59. The fourth-order valence-electron chi connectivity index (χ4n) is 4.60. The number of carbonyl (C=O) groups excluding carboxylic acids is 1. The van der Waals surface area contributed by atoms with Crippen LogP contribution in [0.25, 0.3) is 0 Å². The predicted molar refractivity (Wildman–Crippen MR) is 111 cm³/mol. The van der Waals surface area contributed by atoms with Crippen molar-refractivity contribution in [3.63, 3.8) is 0 Å². The van der Waals surface area contributed by atoms with Crippen molar-refractivity contribution in [3.8, 4) is 0 Å². The van der Waals surface area contributed by atoms with Crippen LogP contribution in [0.4, 0.5) is 0 Å². The molecule has 2 aliphatic rings. The van der Waals surface area contributed by atoms with Crippen LogP contribution in [0, 0.1) is 0 Å². The van der Waals surface area contributed by atoms with E-state index in [9.17, 15) is 18.3 Å². The Bertz CT molecular complexity index is 763. The summed E-state index contributed by atoms with van der Waals surface area (Å²) in [5.41, 5.74) is 1.37. The SMILES string of the molecule is CS(=O)(=O)N[C@H]1CCCN(C(=O)CO)[C@H]1CO[C@H]1CC[C@@H](c2ccccc2)CC1. The maximum absolute atomic E-state index is 12.2. The van der Waals surface area contributed by atoms with E-state index in [0.717, 1.165) is 31.9 Å². The highest BCUT2D eigenvalue weighted by atomic mass is 32.2. The number of carbonyl (C=O) groups is 1. The van der Waals surface area contributed by atoms with E-state index in [1.165, 1.54) is 5.56 Å². The average Bonchev–Trinajstić information content (AvgIpc) is 2.72. The molecule has 0 radical (unpaired) electrons. The molecule has 1 aromatic rings. The number of nitrogens with one attached hydrogen (secondary N) is 1. The van der Waals surface area contributed by atoms with E-state index >= 15 is 0 Å². The van der Waals surface area contributed by atoms with E-state index < -0.39 is 28.7 Å². The Balaban J connectivity index is 1.58. The predicted octanol–water partition coefficient (Wildman–Crippen LogP) is 1.63. The summed E-state index contributed by atoms with van der Waals surface area (Å²) in [6.45, 7) is 0.208. The monoisotopic (exact) mass is 424 g/mol. The molecule has 2 atom stereocenters. The van der Waals surface area contributed by atoms with Gasteiger partial charge in [-0.1, -0.05) is 30.3 Å². The van der Waals surface area contributed by atoms with Gasteiger partial charge in [-0.15, -0.1) is 0 Å². The zero-order valence-corrected chi connectivity index (χ0v) is 17.8. The van der Waals surface area contributed by atoms with Gasteiger partial charge >= 0.3 is 0 Å². The smallest absolute Gasteiger partial charge is 0.248 e. The van der Waals surface area contributed by atoms with Crippen molar-refractivity contribution in [2.75, 3.05) is 26.0 Å². The third-order valence-corrected chi connectivity index (χ3v) is 6.78. The van der Waals surface area contributed by atoms with Crippen molar-refractivity contribution in [1.29, 1.82) is 0 Å². The fourth-order valence-corrected chi connectivity index (χ4v) is 5.42. The quantitative estimate of drug-likeness (QED) is 0.694. The van der Waals surface area contributed by atoms with Gasteiger partial charge in [-0.25, -0.2) is 13.1 Å². The Morgan fingerprint density at radius 1 is 1.17 bits per heavy atom. The molecule has 1 saturated carbocycles. The molecule has 1 amide bonds. The second-order valence-electron chi connectivity index (χ2n) is 8.17. The molecule has 0 bridgehead atoms. The van der Waals surface area contributed by atoms with E-state index in [4.69, 9.17) is 4.74 Å². The first-order chi connectivity index (χ1) is 13.9. The van der Waals surface area contributed by atoms with Crippen molar-refractivity contribution in [2.24, 2.45) is 0 Å². The van der Waals surface area contributed by atoms with Gasteiger partial charge in [0.2, 0.25) is 15.9 Å². The van der Waals surface area contributed by atoms with Gasteiger partial charge in [-0.2, -0.15) is 0 Å². The van der Waals surface area contributed by atoms with Crippen molar-refractivity contribution in [1.82, 2.24) is 9.62 Å². The molecule has 2 fully saturated rings. The Kier molecular flexibility index (Phi) is 7.67. The van der Waals surface area contributed by atoms with Crippen LogP contribution in [-0.4, -0.2) is 68.5 Å². The van der Waals surface area contributed by atoms with Crippen LogP contribution in [-0.2, 0) is 19.6 Å². The average molecular weight is 425 g/mol. The third kappa shape index (κ3) is 6.25. The molecule has 0 unspecified atom stereocenters. The molecule has 162 valence electrons. The van der Waals surface area contributed by atoms with Crippen molar-refractivity contribution >= 4 is 15.9 Å². The lowest BCUT2D eigenvalue weighted by molar-refractivity contribution is -0.141. The van der Waals surface area contributed by atoms with Gasteiger partial charge in [0.25, 0.3) is 0 Å². The molecule has 2 N–H and O–H groups in total. The van der Waals surface area contributed by atoms with Gasteiger partial charge in [0.1, 0.15) is 6.61 Å². The molecule has 8 heteroatoms. The van der Waals surface area contributed by atoms with Crippen LogP contribution in [0.5, 0.6) is 0 Å². The van der Waals surface area contributed by atoms with Gasteiger partial charge in [0.05, 0.1) is 25.0 Å². The standard InChI is InChI=1S/C21H32N2O5S/c1-29(26,27)22-19-8-5-13-23(21(25)14-24)20(19)15-28-18-11-9-17(10-12-18)16-6-3-2-4-7-16/h2-4,6-7,17-20,22,24H,5,8-15H2,1H3/t17-,18+,19-,20-/m0/s1. The molecule has 0 aromatic heterocycles. The van der Waals surface area contributed by atoms with Crippen LogP contribution >= 0.6 is 0 Å². The summed E-state index contributed by atoms with van der Waals surface area (Å²) >= 11 is 0. The summed E-state index contributed by atoms with van der Waals surface area (Å²) in [5.74, 6) is 0.171. The lowest BCUT2D eigenvalue weighted by atomic mass is 9.83. The minimum absolute atomic E-state index is 0.113. The number of amides is 1. The Hall–Kier alpha value is -1.48. The highest BCUT2D eigenvalue weighted by molar-refractivity contribution is 7.88. The lowest BCUT2D eigenvalue weighted by Gasteiger charge is -2.42. The first-order valence-electron chi connectivity index (χ1n) is 10.4. The van der Waals surface area contributed by atoms with Crippen LogP contribution < -0.4 is 4.72 Å². The molecule has 7 nitrogen and oxygen atoms in total. The topological polar surface area (TPSA) is 95.9 Å². The summed E-state index contributed by atoms with van der Waals surface area (Å²) in [5, 5.41) is 9.31. The first-order valence-corrected chi connectivity index (χ1v) is 12.3. The van der Waals surface area contributed by atoms with Crippen LogP contribution in [0.15, 0.2) is 30.3 Å². The van der Waals surface area contributed by atoms with Gasteiger partial charge in [-0.05, 0) is 50.0 Å². The number of aliphatic hydroxyl groups excluding tert-OH is 1. The number of piperidine rings is 1. The zero-order valence-electron chi connectivity index (χ0n) is 17.0. The van der Waals surface area contributed by atoms with E-state index in [1.807, 2.05) is 6.07 Å². The summed E-state index contributed by atoms with van der Waals surface area (Å²) < 4.78 is 32.3. The van der Waals surface area contributed by atoms with Gasteiger partial charge < -0.3 is 14.7 Å². The number of hydrogen-bond donors (Lipinski definition) is 2. The largest absolute Gasteiger partial charge is 0.387 e. The zero-order chi connectivity index (χ0) is 20.9. The van der Waals surface area contributed by atoms with Gasteiger partial charge in [0.15, 0.2) is 0 Å². The minimum atomic E-state index is -3.40. The number of hydrogen-bond acceptors (Lipinski definition) is 5. The minimum Gasteiger partial charge on any atom is -0.387 e. The number of ether oxygens (including phenoxy) is 1. The Morgan fingerprint density at radius 2 is 1.86 bits per heavy atom. The number of nitrogens with zero attached hydrogens (tertiary/aromatic N) is 1. The van der Waals surface area contributed by atoms with Crippen LogP contribution in [0.2, 0.25) is 0 Å². The summed E-state index contributed by atoms with van der Waals surface area (Å²) in [7, 11) is -3.40. The molecular formula is C21H32N2O5S. The van der Waals surface area contributed by atoms with Gasteiger partial charge in [0, 0.05) is 12.6 Å². The Morgan fingerprint density at radius 3 is 2.48 bits per heavy atom. The van der Waals surface area contributed by atoms with E-state index in [0.29, 0.717) is 25.3 Å². The molecule has 1 heterocycles. The molecule has 0 spiro atoms. The second-order valence-corrected chi connectivity index (χ2v) is 9.95. The normalized spacial score (nSPS) is 28.3. The molecule has 1 aromatic carbocycles. The molecule has 1 aliphatic heterocycles. The molecule has 3 rings (SSSR count). The van der Waals surface area contributed by atoms with Gasteiger partial charge in [-0.3, -0.25) is 4.79 Å². The number of aliphatic hydroxyl groups is 1. The van der Waals surface area contributed by atoms with Crippen molar-refractivity contribution < 1.29 is 23.1 Å². The maximum Gasteiger partial charge on any atom is 0.248 e. The van der Waals surface area contributed by atoms with Crippen LogP contribution in [0.1, 0.15) is 50.0 Å². The van der Waals surface area contributed by atoms with E-state index in [2.05, 4.69) is 29.0 Å². The highest BCUT2D eigenvalue weighted by Gasteiger charge is 2.36. The summed E-state index contributed by atoms with van der Waals surface area (Å²) in [4.78, 5) is 13.8. The van der Waals surface area contributed by atoms with Crippen molar-refractivity contribution in [3.05, 3.63) is 35.9 Å². The number of likely N-dealkylation sites (tertiary alicyclic amines) is 1. The maximum atomic E-state index is 12.2. The number of benzene rings is 1. The summed E-state index contributed by atoms with van der Waals surface area (Å²) in [6.07, 6.45) is 6.60. The molecule has 1 aliphatic carbocycles. The van der Waals surface area contributed by atoms with E-state index in [-0.39, 0.29) is 18.6 Å². The third-order valence-electron chi connectivity index (χ3n) is 6.05. The summed E-state index contributed by atoms with van der Waals surface area (Å²) in [6, 6.07) is 9.73. The number of rotatable bonds is 7. The first kappa shape index (κ1) is 22.2. The van der Waals surface area contributed by atoms with Crippen molar-refractivity contribution in [2.45, 2.75) is 62.6 Å². The van der Waals surface area contributed by atoms with Crippen LogP contribution in [0.3, 0.4) is 0 Å². The molecule has 1 saturated heterocycles. The Labute approximate surface area is 173 Å². The molecule has 29 heavy (non-hydrogen) atoms.